The van der Waals surface area contributed by atoms with Crippen molar-refractivity contribution in [2.45, 2.75) is 91.1 Å². The summed E-state index contributed by atoms with van der Waals surface area (Å²) >= 11 is 0. The van der Waals surface area contributed by atoms with E-state index in [1.54, 1.807) is 0 Å². The van der Waals surface area contributed by atoms with Gasteiger partial charge in [0.05, 0.1) is 6.10 Å². The second-order valence-corrected chi connectivity index (χ2v) is 11.1. The van der Waals surface area contributed by atoms with Crippen molar-refractivity contribution >= 4 is 11.8 Å². The van der Waals surface area contributed by atoms with E-state index in [1.807, 2.05) is 0 Å². The van der Waals surface area contributed by atoms with Crippen LogP contribution in [0.15, 0.2) is 0 Å². The van der Waals surface area contributed by atoms with Gasteiger partial charge in [0, 0.05) is 18.8 Å². The lowest BCUT2D eigenvalue weighted by Gasteiger charge is -2.62. The number of carbonyl (C=O) groups excluding carboxylic acids is 2. The summed E-state index contributed by atoms with van der Waals surface area (Å²) in [5.41, 5.74) is 0.109. The first kappa shape index (κ1) is 20.4. The molecule has 0 aliphatic heterocycles. The first-order valence-electron chi connectivity index (χ1n) is 11.6. The molecule has 0 spiro atoms. The Morgan fingerprint density at radius 1 is 1.21 bits per heavy atom. The number of Topliss-reactive ketones (excluding diaryl/α,β-unsaturated/α-hetero) is 1. The van der Waals surface area contributed by atoms with Gasteiger partial charge in [0.25, 0.3) is 0 Å². The molecule has 1 N–H and O–H groups in total. The first-order valence-corrected chi connectivity index (χ1v) is 11.6. The number of ketones is 1. The number of fused-ring (bicyclic) bond motifs is 5. The van der Waals surface area contributed by atoms with E-state index in [4.69, 9.17) is 0 Å². The van der Waals surface area contributed by atoms with Crippen LogP contribution in [0.4, 0.5) is 0 Å². The van der Waals surface area contributed by atoms with Gasteiger partial charge >= 0.3 is 0 Å². The number of aliphatic hydroxyl groups is 1. The van der Waals surface area contributed by atoms with E-state index in [0.717, 1.165) is 44.9 Å². The quantitative estimate of drug-likeness (QED) is 0.800. The molecule has 28 heavy (non-hydrogen) atoms. The van der Waals surface area contributed by atoms with Crippen LogP contribution in [0.5, 0.6) is 0 Å². The Hall–Kier alpha value is -0.900. The van der Waals surface area contributed by atoms with Gasteiger partial charge in [-0.1, -0.05) is 20.8 Å². The Balaban J connectivity index is 1.57. The SMILES string of the molecule is C[C@@H](CCC(=O)[O-])[C@H]1CC[C@@H]2[C@H]3CC[C@@H]4CC(=O)CC[C@]4(C)[C@@H]3C[C@H](O)[C@@]21C. The molecule has 0 radical (unpaired) electrons. The molecule has 0 unspecified atom stereocenters. The van der Waals surface area contributed by atoms with E-state index >= 15 is 0 Å². The van der Waals surface area contributed by atoms with Crippen LogP contribution in [-0.2, 0) is 9.59 Å². The second kappa shape index (κ2) is 7.11. The summed E-state index contributed by atoms with van der Waals surface area (Å²) in [7, 11) is 0. The van der Waals surface area contributed by atoms with E-state index < -0.39 is 5.97 Å². The van der Waals surface area contributed by atoms with E-state index in [-0.39, 0.29) is 23.4 Å². The minimum atomic E-state index is -0.964. The lowest BCUT2D eigenvalue weighted by atomic mass is 9.44. The molecule has 4 rings (SSSR count). The van der Waals surface area contributed by atoms with Gasteiger partial charge in [0.2, 0.25) is 0 Å². The molecule has 0 bridgehead atoms. The second-order valence-electron chi connectivity index (χ2n) is 11.1. The number of aliphatic hydroxyl groups excluding tert-OH is 1. The highest BCUT2D eigenvalue weighted by atomic mass is 16.4. The standard InChI is InChI=1S/C24H38O4/c1-14(4-9-22(27)28)18-7-8-19-17-6-5-15-12-16(25)10-11-23(15,2)20(17)13-21(26)24(18,19)3/h14-15,17-21,26H,4-13H2,1-3H3,(H,27,28)/p-1/t14-,15+,17+,18+,19+,20+,21-,23-,24+/m0/s1. The van der Waals surface area contributed by atoms with Crippen LogP contribution in [0.25, 0.3) is 0 Å². The summed E-state index contributed by atoms with van der Waals surface area (Å²) in [5, 5.41) is 22.4. The van der Waals surface area contributed by atoms with E-state index in [9.17, 15) is 19.8 Å². The monoisotopic (exact) mass is 389 g/mol. The molecule has 4 aliphatic carbocycles. The molecular weight excluding hydrogens is 352 g/mol. The lowest BCUT2D eigenvalue weighted by molar-refractivity contribution is -0.306. The minimum Gasteiger partial charge on any atom is -0.550 e. The molecular formula is C24H37O4-. The van der Waals surface area contributed by atoms with Crippen molar-refractivity contribution in [3.8, 4) is 0 Å². The van der Waals surface area contributed by atoms with Crippen molar-refractivity contribution in [3.63, 3.8) is 0 Å². The zero-order valence-corrected chi connectivity index (χ0v) is 17.8. The fourth-order valence-electron chi connectivity index (χ4n) is 8.52. The molecule has 4 heteroatoms. The lowest BCUT2D eigenvalue weighted by Crippen LogP contribution is -2.58. The third-order valence-corrected chi connectivity index (χ3v) is 10.2. The number of aliphatic carboxylic acids is 1. The maximum absolute atomic E-state index is 12.0. The Morgan fingerprint density at radius 2 is 1.96 bits per heavy atom. The Bertz CT molecular complexity index is 645. The van der Waals surface area contributed by atoms with Crippen LogP contribution in [0.2, 0.25) is 0 Å². The van der Waals surface area contributed by atoms with Crippen LogP contribution in [0, 0.1) is 46.3 Å². The summed E-state index contributed by atoms with van der Waals surface area (Å²) in [4.78, 5) is 23.0. The van der Waals surface area contributed by atoms with Crippen LogP contribution in [0.3, 0.4) is 0 Å². The van der Waals surface area contributed by atoms with Gasteiger partial charge in [0.15, 0.2) is 0 Å². The van der Waals surface area contributed by atoms with Crippen molar-refractivity contribution in [2.24, 2.45) is 46.3 Å². The molecule has 4 nitrogen and oxygen atoms in total. The van der Waals surface area contributed by atoms with Gasteiger partial charge in [-0.15, -0.1) is 0 Å². The Labute approximate surface area is 169 Å². The maximum Gasteiger partial charge on any atom is 0.133 e. The smallest absolute Gasteiger partial charge is 0.133 e. The normalized spacial score (nSPS) is 49.1. The van der Waals surface area contributed by atoms with Crippen molar-refractivity contribution in [1.82, 2.24) is 0 Å². The van der Waals surface area contributed by atoms with Crippen molar-refractivity contribution in [1.29, 1.82) is 0 Å². The van der Waals surface area contributed by atoms with Crippen molar-refractivity contribution in [3.05, 3.63) is 0 Å². The third kappa shape index (κ3) is 2.97. The number of carbonyl (C=O) groups is 2. The molecule has 4 saturated carbocycles. The van der Waals surface area contributed by atoms with Gasteiger partial charge in [-0.2, -0.15) is 0 Å². The molecule has 4 fully saturated rings. The van der Waals surface area contributed by atoms with Gasteiger partial charge in [-0.25, -0.2) is 0 Å². The predicted octanol–water partition coefficient (Wildman–Crippen LogP) is 3.35. The highest BCUT2D eigenvalue weighted by Crippen LogP contribution is 2.68. The fourth-order valence-corrected chi connectivity index (χ4v) is 8.52. The summed E-state index contributed by atoms with van der Waals surface area (Å²) in [6.07, 6.45) is 8.42. The molecule has 0 amide bonds. The third-order valence-electron chi connectivity index (χ3n) is 10.2. The van der Waals surface area contributed by atoms with E-state index in [1.165, 1.54) is 6.42 Å². The Morgan fingerprint density at radius 3 is 2.68 bits per heavy atom. The molecule has 0 aromatic carbocycles. The largest absolute Gasteiger partial charge is 0.550 e. The molecule has 9 atom stereocenters. The van der Waals surface area contributed by atoms with Crippen LogP contribution in [0.1, 0.15) is 85.0 Å². The fraction of sp³-hybridized carbons (Fsp3) is 0.917. The molecule has 0 aromatic heterocycles. The van der Waals surface area contributed by atoms with Crippen LogP contribution < -0.4 is 5.11 Å². The zero-order chi connectivity index (χ0) is 20.3. The highest BCUT2D eigenvalue weighted by Gasteiger charge is 2.63. The summed E-state index contributed by atoms with van der Waals surface area (Å²) < 4.78 is 0. The number of rotatable bonds is 4. The average molecular weight is 390 g/mol. The first-order chi connectivity index (χ1) is 13.2. The molecule has 4 aliphatic rings. The predicted molar refractivity (Wildman–Crippen MR) is 105 cm³/mol. The van der Waals surface area contributed by atoms with Crippen molar-refractivity contribution in [2.75, 3.05) is 0 Å². The minimum absolute atomic E-state index is 0.0970. The summed E-state index contributed by atoms with van der Waals surface area (Å²) in [6.45, 7) is 6.88. The number of hydrogen-bond acceptors (Lipinski definition) is 4. The number of hydrogen-bond donors (Lipinski definition) is 1. The van der Waals surface area contributed by atoms with Crippen molar-refractivity contribution < 1.29 is 19.8 Å². The topological polar surface area (TPSA) is 77.4 Å². The summed E-state index contributed by atoms with van der Waals surface area (Å²) in [5.74, 6) is 2.40. The Kier molecular flexibility index (Phi) is 5.17. The molecule has 0 heterocycles. The molecule has 0 saturated heterocycles. The van der Waals surface area contributed by atoms with Gasteiger partial charge in [0.1, 0.15) is 5.78 Å². The van der Waals surface area contributed by atoms with E-state index in [0.29, 0.717) is 47.7 Å². The number of carboxylic acid groups (broad SMARTS) is 1. The van der Waals surface area contributed by atoms with E-state index in [2.05, 4.69) is 20.8 Å². The van der Waals surface area contributed by atoms with Crippen LogP contribution >= 0.6 is 0 Å². The maximum atomic E-state index is 12.0. The van der Waals surface area contributed by atoms with Gasteiger partial charge in [-0.3, -0.25) is 4.79 Å². The highest BCUT2D eigenvalue weighted by molar-refractivity contribution is 5.79. The zero-order valence-electron chi connectivity index (χ0n) is 17.8. The van der Waals surface area contributed by atoms with Gasteiger partial charge < -0.3 is 15.0 Å². The average Bonchev–Trinajstić information content (AvgIpc) is 3.00. The number of carboxylic acids is 1. The summed E-state index contributed by atoms with van der Waals surface area (Å²) in [6, 6.07) is 0. The molecule has 158 valence electrons. The molecule has 0 aromatic rings. The van der Waals surface area contributed by atoms with Gasteiger partial charge in [-0.05, 0) is 97.7 Å². The van der Waals surface area contributed by atoms with Crippen LogP contribution in [-0.4, -0.2) is 23.0 Å².